The average Bonchev–Trinajstić information content (AvgIpc) is 3.03. The molecule has 0 radical (unpaired) electrons. The quantitative estimate of drug-likeness (QED) is 0.260. The van der Waals surface area contributed by atoms with Crippen LogP contribution < -0.4 is 4.90 Å². The van der Waals surface area contributed by atoms with Crippen LogP contribution in [0.15, 0.2) is 82.6 Å². The summed E-state index contributed by atoms with van der Waals surface area (Å²) in [7, 11) is -3.85. The molecule has 1 heterocycles. The van der Waals surface area contributed by atoms with Gasteiger partial charge in [-0.15, -0.1) is 12.4 Å². The van der Waals surface area contributed by atoms with Crippen molar-refractivity contribution in [3.63, 3.8) is 0 Å². The van der Waals surface area contributed by atoms with Crippen LogP contribution in [0, 0.1) is 12.8 Å². The molecule has 0 unspecified atom stereocenters. The fourth-order valence-electron chi connectivity index (χ4n) is 6.97. The molecule has 11 heteroatoms. The van der Waals surface area contributed by atoms with Gasteiger partial charge in [-0.25, -0.2) is 16.8 Å². The minimum absolute atomic E-state index is 0. The fraction of sp³-hybridized carbons (Fsp3) is 0.500. The Balaban J connectivity index is 0.00000500. The van der Waals surface area contributed by atoms with E-state index in [0.717, 1.165) is 36.3 Å². The number of hydrogen-bond donors (Lipinski definition) is 0. The van der Waals surface area contributed by atoms with E-state index in [0.29, 0.717) is 42.8 Å². The molecule has 3 aromatic rings. The Kier molecular flexibility index (Phi) is 12.9. The summed E-state index contributed by atoms with van der Waals surface area (Å²) in [5.74, 6) is 0.634. The molecule has 0 aromatic heterocycles. The van der Waals surface area contributed by atoms with Crippen molar-refractivity contribution >= 4 is 48.9 Å². The lowest BCUT2D eigenvalue weighted by atomic mass is 9.89. The number of anilines is 1. The Morgan fingerprint density at radius 3 is 1.91 bits per heavy atom. The average molecular weight is 703 g/mol. The summed E-state index contributed by atoms with van der Waals surface area (Å²) in [5, 5.41) is 1.55. The van der Waals surface area contributed by atoms with Gasteiger partial charge < -0.3 is 9.80 Å². The number of fused-ring (bicyclic) bond motifs is 1. The van der Waals surface area contributed by atoms with Gasteiger partial charge in [-0.3, -0.25) is 0 Å². The van der Waals surface area contributed by atoms with Crippen molar-refractivity contribution in [1.82, 2.24) is 13.5 Å². The number of hydrogen-bond acceptors (Lipinski definition) is 6. The summed E-state index contributed by atoms with van der Waals surface area (Å²) in [6, 6.07) is 18.1. The maximum Gasteiger partial charge on any atom is 0.243 e. The van der Waals surface area contributed by atoms with Gasteiger partial charge in [0, 0.05) is 63.3 Å². The van der Waals surface area contributed by atoms with Crippen molar-refractivity contribution < 1.29 is 16.8 Å². The Morgan fingerprint density at radius 2 is 1.30 bits per heavy atom. The van der Waals surface area contributed by atoms with Crippen LogP contribution in [-0.4, -0.2) is 90.3 Å². The van der Waals surface area contributed by atoms with E-state index in [-0.39, 0.29) is 35.3 Å². The van der Waals surface area contributed by atoms with E-state index < -0.39 is 20.0 Å². The van der Waals surface area contributed by atoms with Gasteiger partial charge in [0.2, 0.25) is 20.0 Å². The summed E-state index contributed by atoms with van der Waals surface area (Å²) in [5.41, 5.74) is 2.48. The van der Waals surface area contributed by atoms with Gasteiger partial charge in [0.25, 0.3) is 0 Å². The third-order valence-corrected chi connectivity index (χ3v) is 13.2. The zero-order valence-corrected chi connectivity index (χ0v) is 30.6. The van der Waals surface area contributed by atoms with E-state index in [9.17, 15) is 16.8 Å². The van der Waals surface area contributed by atoms with E-state index in [2.05, 4.69) is 11.5 Å². The third kappa shape index (κ3) is 8.96. The molecule has 1 aliphatic heterocycles. The van der Waals surface area contributed by atoms with E-state index in [1.54, 1.807) is 24.3 Å². The van der Waals surface area contributed by atoms with Gasteiger partial charge in [0.05, 0.1) is 9.79 Å². The first-order valence-electron chi connectivity index (χ1n) is 16.6. The highest BCUT2D eigenvalue weighted by atomic mass is 35.5. The Hall–Kier alpha value is -2.47. The molecule has 2 fully saturated rings. The summed E-state index contributed by atoms with van der Waals surface area (Å²) in [4.78, 5) is 4.93. The molecule has 1 saturated heterocycles. The summed E-state index contributed by atoms with van der Waals surface area (Å²) in [6.45, 7) is 9.46. The molecule has 8 nitrogen and oxygen atoms in total. The number of halogens is 1. The lowest BCUT2D eigenvalue weighted by Gasteiger charge is -2.33. The second kappa shape index (κ2) is 16.3. The smallest absolute Gasteiger partial charge is 0.243 e. The molecule has 2 aliphatic rings. The van der Waals surface area contributed by atoms with Gasteiger partial charge in [-0.2, -0.15) is 8.61 Å². The van der Waals surface area contributed by atoms with Crippen molar-refractivity contribution in [3.05, 3.63) is 78.4 Å². The van der Waals surface area contributed by atoms with Crippen LogP contribution in [0.25, 0.3) is 10.8 Å². The Labute approximate surface area is 288 Å². The summed E-state index contributed by atoms with van der Waals surface area (Å²) >= 11 is 0. The van der Waals surface area contributed by atoms with Gasteiger partial charge in [0.1, 0.15) is 0 Å². The number of nitrogens with zero attached hydrogens (tertiary/aromatic N) is 4. The molecule has 5 rings (SSSR count). The van der Waals surface area contributed by atoms with E-state index >= 15 is 0 Å². The highest BCUT2D eigenvalue weighted by Crippen LogP contribution is 2.32. The molecule has 0 spiro atoms. The molecule has 0 N–H and O–H groups in total. The summed E-state index contributed by atoms with van der Waals surface area (Å²) < 4.78 is 59.9. The van der Waals surface area contributed by atoms with Crippen molar-refractivity contribution in [3.8, 4) is 0 Å². The van der Waals surface area contributed by atoms with E-state index in [4.69, 9.17) is 0 Å². The van der Waals surface area contributed by atoms with E-state index in [1.165, 1.54) is 40.7 Å². The normalized spacial score (nSPS) is 19.1. The van der Waals surface area contributed by atoms with Crippen molar-refractivity contribution in [1.29, 1.82) is 0 Å². The molecular weight excluding hydrogens is 652 g/mol. The lowest BCUT2D eigenvalue weighted by Crippen LogP contribution is -2.42. The first-order valence-corrected chi connectivity index (χ1v) is 19.5. The molecule has 0 atom stereocenters. The van der Waals surface area contributed by atoms with Crippen LogP contribution in [0.3, 0.4) is 0 Å². The second-order valence-corrected chi connectivity index (χ2v) is 17.1. The molecule has 1 saturated carbocycles. The van der Waals surface area contributed by atoms with Crippen molar-refractivity contribution in [2.75, 3.05) is 64.8 Å². The van der Waals surface area contributed by atoms with E-state index in [1.807, 2.05) is 62.3 Å². The van der Waals surface area contributed by atoms with Crippen molar-refractivity contribution in [2.45, 2.75) is 61.7 Å². The largest absolute Gasteiger partial charge is 0.377 e. The first-order chi connectivity index (χ1) is 22.0. The third-order valence-electron chi connectivity index (χ3n) is 9.42. The van der Waals surface area contributed by atoms with Gasteiger partial charge in [0.15, 0.2) is 0 Å². The van der Waals surface area contributed by atoms with Gasteiger partial charge in [-0.1, -0.05) is 67.8 Å². The number of aryl methyl sites for hydroxylation is 1. The SMILES string of the molecule is C=C1CN(S(=O)(=O)c2ccc(C)cc2)CCCN(CC2CCCCC2)CCCN(S(=O)(=O)c2cccc3c(N(C)C)cccc23)C1.Cl. The zero-order chi connectivity index (χ0) is 32.9. The number of benzene rings is 3. The van der Waals surface area contributed by atoms with Crippen LogP contribution in [0.1, 0.15) is 50.5 Å². The Bertz CT molecular complexity index is 1720. The zero-order valence-electron chi connectivity index (χ0n) is 28.1. The standard InChI is InChI=1S/C36H50N4O4S2.ClH/c1-29-18-20-32(21-19-29)45(41,42)39-24-10-22-38(28-31-12-6-5-7-13-31)23-11-25-40(27-30(2)26-39)46(43,44)36-17-9-14-33-34(36)15-8-16-35(33)37(3)4;/h8-9,14-21,31H,2,5-7,10-13,22-28H2,1,3-4H3;1H. The molecule has 1 aliphatic carbocycles. The summed E-state index contributed by atoms with van der Waals surface area (Å²) in [6.07, 6.45) is 7.66. The monoisotopic (exact) mass is 702 g/mol. The highest BCUT2D eigenvalue weighted by Gasteiger charge is 2.31. The second-order valence-electron chi connectivity index (χ2n) is 13.3. The predicted molar refractivity (Wildman–Crippen MR) is 196 cm³/mol. The maximum atomic E-state index is 14.5. The van der Waals surface area contributed by atoms with Crippen LogP contribution in [-0.2, 0) is 20.0 Å². The molecule has 0 bridgehead atoms. The van der Waals surface area contributed by atoms with Crippen LogP contribution >= 0.6 is 12.4 Å². The van der Waals surface area contributed by atoms with Crippen LogP contribution in [0.2, 0.25) is 0 Å². The fourth-order valence-corrected chi connectivity index (χ4v) is 10.2. The topological polar surface area (TPSA) is 81.2 Å². The van der Waals surface area contributed by atoms with Gasteiger partial charge >= 0.3 is 0 Å². The number of sulfonamides is 2. The first kappa shape index (κ1) is 37.4. The Morgan fingerprint density at radius 1 is 0.723 bits per heavy atom. The van der Waals surface area contributed by atoms with Crippen molar-refractivity contribution in [2.24, 2.45) is 5.92 Å². The minimum Gasteiger partial charge on any atom is -0.377 e. The minimum atomic E-state index is -3.94. The molecular formula is C36H51ClN4O4S2. The number of rotatable bonds is 7. The lowest BCUT2D eigenvalue weighted by molar-refractivity contribution is 0.188. The van der Waals surface area contributed by atoms with Crippen LogP contribution in [0.5, 0.6) is 0 Å². The molecule has 3 aromatic carbocycles. The molecule has 47 heavy (non-hydrogen) atoms. The van der Waals surface area contributed by atoms with Gasteiger partial charge in [-0.05, 0) is 81.5 Å². The highest BCUT2D eigenvalue weighted by molar-refractivity contribution is 7.89. The van der Waals surface area contributed by atoms with Crippen LogP contribution in [0.4, 0.5) is 5.69 Å². The molecule has 258 valence electrons. The molecule has 0 amide bonds. The predicted octanol–water partition coefficient (Wildman–Crippen LogP) is 6.55. The maximum absolute atomic E-state index is 14.5.